The fourth-order valence-corrected chi connectivity index (χ4v) is 6.43. The van der Waals surface area contributed by atoms with Crippen LogP contribution in [0.25, 0.3) is 5.76 Å². The molecular formula is C27H20FN3O5S. The lowest BCUT2D eigenvalue weighted by atomic mass is 9.88. The van der Waals surface area contributed by atoms with Gasteiger partial charge >= 0.3 is 5.97 Å². The topological polar surface area (TPSA) is 123 Å². The molecule has 0 saturated carbocycles. The summed E-state index contributed by atoms with van der Waals surface area (Å²) in [6.45, 7) is -0.280. The molecule has 0 radical (unpaired) electrons. The number of benzene rings is 3. The second-order valence-electron chi connectivity index (χ2n) is 8.35. The fraction of sp³-hybridized carbons (Fsp3) is 0.111. The van der Waals surface area contributed by atoms with Crippen molar-refractivity contribution in [3.63, 3.8) is 0 Å². The molecule has 1 unspecified atom stereocenters. The molecule has 5 rings (SSSR count). The molecule has 2 aliphatic heterocycles. The monoisotopic (exact) mass is 517 g/mol. The van der Waals surface area contributed by atoms with E-state index in [4.69, 9.17) is 15.2 Å². The minimum atomic E-state index is -4.36. The number of hydrogen-bond donors (Lipinski definition) is 1. The van der Waals surface area contributed by atoms with Crippen LogP contribution in [0.15, 0.2) is 89.2 Å². The van der Waals surface area contributed by atoms with Gasteiger partial charge in [-0.05, 0) is 35.9 Å². The molecule has 2 heterocycles. The molecule has 0 amide bonds. The van der Waals surface area contributed by atoms with Crippen LogP contribution in [0.4, 0.5) is 10.1 Å². The minimum Gasteiger partial charge on any atom is -0.465 e. The highest BCUT2D eigenvalue weighted by molar-refractivity contribution is 7.96. The molecule has 37 heavy (non-hydrogen) atoms. The van der Waals surface area contributed by atoms with Crippen LogP contribution >= 0.6 is 0 Å². The van der Waals surface area contributed by atoms with Crippen molar-refractivity contribution in [2.24, 2.45) is 5.73 Å². The summed E-state index contributed by atoms with van der Waals surface area (Å²) in [4.78, 5) is 11.7. The van der Waals surface area contributed by atoms with Crippen molar-refractivity contribution in [1.29, 1.82) is 5.26 Å². The number of rotatable bonds is 4. The predicted molar refractivity (Wildman–Crippen MR) is 133 cm³/mol. The number of nitrogens with two attached hydrogens (primary N) is 1. The molecule has 1 atom stereocenters. The van der Waals surface area contributed by atoms with Crippen LogP contribution in [0.2, 0.25) is 0 Å². The van der Waals surface area contributed by atoms with E-state index in [1.165, 1.54) is 49.6 Å². The quantitative estimate of drug-likeness (QED) is 0.516. The molecule has 0 bridgehead atoms. The largest absolute Gasteiger partial charge is 0.465 e. The number of sulfonamides is 1. The van der Waals surface area contributed by atoms with Gasteiger partial charge in [-0.1, -0.05) is 42.5 Å². The summed E-state index contributed by atoms with van der Waals surface area (Å²) in [5.41, 5.74) is 7.56. The molecule has 10 heteroatoms. The van der Waals surface area contributed by atoms with Gasteiger partial charge < -0.3 is 15.2 Å². The number of allylic oxidation sites excluding steroid dienone is 2. The number of methoxy groups -OCH3 is 1. The van der Waals surface area contributed by atoms with Crippen LogP contribution in [-0.2, 0) is 26.0 Å². The van der Waals surface area contributed by atoms with E-state index in [-0.39, 0.29) is 45.5 Å². The Morgan fingerprint density at radius 1 is 1.11 bits per heavy atom. The molecule has 186 valence electrons. The number of nitrogens with zero attached hydrogens (tertiary/aromatic N) is 2. The van der Waals surface area contributed by atoms with Crippen LogP contribution < -0.4 is 10.0 Å². The van der Waals surface area contributed by atoms with E-state index in [0.717, 1.165) is 4.31 Å². The molecule has 2 aliphatic rings. The third-order valence-corrected chi connectivity index (χ3v) is 8.18. The van der Waals surface area contributed by atoms with E-state index in [9.17, 15) is 22.9 Å². The molecule has 0 fully saturated rings. The average Bonchev–Trinajstić information content (AvgIpc) is 2.91. The summed E-state index contributed by atoms with van der Waals surface area (Å²) >= 11 is 0. The highest BCUT2D eigenvalue weighted by Crippen LogP contribution is 2.51. The normalized spacial score (nSPS) is 17.9. The highest BCUT2D eigenvalue weighted by atomic mass is 32.2. The maximum absolute atomic E-state index is 14.6. The van der Waals surface area contributed by atoms with Gasteiger partial charge in [-0.15, -0.1) is 0 Å². The number of fused-ring (bicyclic) bond motifs is 2. The maximum Gasteiger partial charge on any atom is 0.337 e. The highest BCUT2D eigenvalue weighted by Gasteiger charge is 2.47. The summed E-state index contributed by atoms with van der Waals surface area (Å²) in [6.07, 6.45) is 0. The Bertz CT molecular complexity index is 1640. The van der Waals surface area contributed by atoms with Crippen LogP contribution in [0.1, 0.15) is 33.0 Å². The van der Waals surface area contributed by atoms with Crippen molar-refractivity contribution in [1.82, 2.24) is 0 Å². The molecule has 3 aromatic rings. The summed E-state index contributed by atoms with van der Waals surface area (Å²) in [6, 6.07) is 20.6. The van der Waals surface area contributed by atoms with E-state index in [0.29, 0.717) is 11.1 Å². The number of para-hydroxylation sites is 1. The Balaban J connectivity index is 1.73. The maximum atomic E-state index is 14.6. The fourth-order valence-electron chi connectivity index (χ4n) is 4.52. The van der Waals surface area contributed by atoms with Crippen LogP contribution in [-0.4, -0.2) is 21.5 Å². The zero-order valence-corrected chi connectivity index (χ0v) is 20.3. The van der Waals surface area contributed by atoms with E-state index in [1.807, 2.05) is 6.07 Å². The predicted octanol–water partition coefficient (Wildman–Crippen LogP) is 4.14. The first-order chi connectivity index (χ1) is 17.8. The van der Waals surface area contributed by atoms with Gasteiger partial charge in [-0.25, -0.2) is 17.6 Å². The third kappa shape index (κ3) is 3.90. The lowest BCUT2D eigenvalue weighted by molar-refractivity contribution is 0.0600. The van der Waals surface area contributed by atoms with Gasteiger partial charge in [0.05, 0.1) is 30.8 Å². The van der Waals surface area contributed by atoms with E-state index >= 15 is 0 Å². The van der Waals surface area contributed by atoms with Gasteiger partial charge in [0.25, 0.3) is 10.0 Å². The van der Waals surface area contributed by atoms with Gasteiger partial charge in [-0.3, -0.25) is 4.31 Å². The Hall–Kier alpha value is -4.62. The van der Waals surface area contributed by atoms with Gasteiger partial charge in [0.1, 0.15) is 22.4 Å². The van der Waals surface area contributed by atoms with Crippen LogP contribution in [0.3, 0.4) is 0 Å². The van der Waals surface area contributed by atoms with Crippen LogP contribution in [0.5, 0.6) is 0 Å². The van der Waals surface area contributed by atoms with Gasteiger partial charge in [0, 0.05) is 11.1 Å². The molecule has 3 aromatic carbocycles. The first-order valence-electron chi connectivity index (χ1n) is 11.1. The van der Waals surface area contributed by atoms with Gasteiger partial charge in [0.15, 0.2) is 5.76 Å². The average molecular weight is 518 g/mol. The number of esters is 1. The zero-order chi connectivity index (χ0) is 26.3. The summed E-state index contributed by atoms with van der Waals surface area (Å²) in [5, 5.41) is 9.94. The molecule has 0 aromatic heterocycles. The third-order valence-electron chi connectivity index (χ3n) is 6.29. The van der Waals surface area contributed by atoms with Crippen molar-refractivity contribution in [2.75, 3.05) is 11.4 Å². The lowest BCUT2D eigenvalue weighted by Crippen LogP contribution is -2.39. The SMILES string of the molecule is COC(=O)c1ccc(C2C(C#N)=C(N)OC3=C2S(=O)(=O)N(Cc2ccccc2F)c2ccccc23)cc1. The Morgan fingerprint density at radius 2 is 1.78 bits per heavy atom. The first kappa shape index (κ1) is 24.1. The number of halogens is 1. The molecule has 0 aliphatic carbocycles. The smallest absolute Gasteiger partial charge is 0.337 e. The number of anilines is 1. The second kappa shape index (κ2) is 9.11. The molecular weight excluding hydrogens is 497 g/mol. The molecule has 0 saturated heterocycles. The summed E-state index contributed by atoms with van der Waals surface area (Å²) in [7, 11) is -3.11. The van der Waals surface area contributed by atoms with E-state index < -0.39 is 27.7 Å². The molecule has 8 nitrogen and oxygen atoms in total. The van der Waals surface area contributed by atoms with Crippen molar-refractivity contribution in [3.8, 4) is 6.07 Å². The van der Waals surface area contributed by atoms with Gasteiger partial charge in [-0.2, -0.15) is 5.26 Å². The Kier molecular flexibility index (Phi) is 5.93. The summed E-state index contributed by atoms with van der Waals surface area (Å²) in [5.74, 6) is -2.47. The lowest BCUT2D eigenvalue weighted by Gasteiger charge is -2.38. The van der Waals surface area contributed by atoms with Crippen molar-refractivity contribution < 1.29 is 27.1 Å². The Labute approximate surface area is 212 Å². The van der Waals surface area contributed by atoms with Crippen molar-refractivity contribution >= 4 is 27.4 Å². The number of nitriles is 1. The number of ether oxygens (including phenoxy) is 2. The minimum absolute atomic E-state index is 0.000993. The van der Waals surface area contributed by atoms with Gasteiger partial charge in [0.2, 0.25) is 5.88 Å². The number of carbonyl (C=O) groups is 1. The Morgan fingerprint density at radius 3 is 2.46 bits per heavy atom. The zero-order valence-electron chi connectivity index (χ0n) is 19.5. The van der Waals surface area contributed by atoms with E-state index in [1.54, 1.807) is 30.3 Å². The van der Waals surface area contributed by atoms with Crippen molar-refractivity contribution in [2.45, 2.75) is 12.5 Å². The molecule has 0 spiro atoms. The number of hydrogen-bond acceptors (Lipinski definition) is 7. The second-order valence-corrected chi connectivity index (χ2v) is 10.2. The summed E-state index contributed by atoms with van der Waals surface area (Å²) < 4.78 is 54.6. The first-order valence-corrected chi connectivity index (χ1v) is 12.6. The van der Waals surface area contributed by atoms with Crippen LogP contribution in [0, 0.1) is 17.1 Å². The molecule has 2 N–H and O–H groups in total. The number of carbonyl (C=O) groups excluding carboxylic acids is 1. The standard InChI is InChI=1S/C27H20FN3O5S/c1-35-27(32)17-12-10-16(11-13-17)23-20(14-29)26(30)36-24-19-7-3-5-9-22(19)31(37(33,34)25(23)24)15-18-6-2-4-8-21(18)28/h2-13,23H,15,30H2,1H3. The van der Waals surface area contributed by atoms with E-state index in [2.05, 4.69) is 0 Å². The van der Waals surface area contributed by atoms with Crippen molar-refractivity contribution in [3.05, 3.63) is 117 Å².